The Hall–Kier alpha value is -2.24. The Bertz CT molecular complexity index is 535. The number of methoxy groups -OCH3 is 2. The molecule has 0 atom stereocenters. The van der Waals surface area contributed by atoms with Crippen LogP contribution < -0.4 is 20.1 Å². The maximum absolute atomic E-state index is 11.8. The van der Waals surface area contributed by atoms with Crippen molar-refractivity contribution in [1.29, 1.82) is 0 Å². The first-order valence-electron chi connectivity index (χ1n) is 7.04. The van der Waals surface area contributed by atoms with Gasteiger partial charge in [-0.3, -0.25) is 9.59 Å². The number of ether oxygens (including phenoxy) is 2. The lowest BCUT2D eigenvalue weighted by Gasteiger charge is -2.17. The van der Waals surface area contributed by atoms with Crippen molar-refractivity contribution < 1.29 is 19.1 Å². The van der Waals surface area contributed by atoms with Gasteiger partial charge in [0.1, 0.15) is 11.5 Å². The van der Waals surface area contributed by atoms with Gasteiger partial charge in [0.05, 0.1) is 20.8 Å². The molecule has 1 aromatic carbocycles. The molecule has 122 valence electrons. The number of hydrogen-bond donors (Lipinski definition) is 2. The van der Waals surface area contributed by atoms with E-state index < -0.39 is 5.41 Å². The summed E-state index contributed by atoms with van der Waals surface area (Å²) in [6.07, 6.45) is 0. The minimum atomic E-state index is -0.514. The van der Waals surface area contributed by atoms with Crippen molar-refractivity contribution in [2.24, 2.45) is 5.41 Å². The first kappa shape index (κ1) is 17.8. The van der Waals surface area contributed by atoms with Crippen molar-refractivity contribution in [1.82, 2.24) is 10.6 Å². The van der Waals surface area contributed by atoms with Gasteiger partial charge in [-0.2, -0.15) is 0 Å². The maximum atomic E-state index is 11.8. The maximum Gasteiger partial charge on any atom is 0.239 e. The van der Waals surface area contributed by atoms with E-state index in [1.54, 1.807) is 47.1 Å². The summed E-state index contributed by atoms with van der Waals surface area (Å²) in [5.74, 6) is 0.905. The van der Waals surface area contributed by atoms with Crippen LogP contribution in [0.15, 0.2) is 18.2 Å². The van der Waals surface area contributed by atoms with E-state index in [0.717, 1.165) is 5.56 Å². The van der Waals surface area contributed by atoms with Crippen LogP contribution in [0.3, 0.4) is 0 Å². The van der Waals surface area contributed by atoms with Crippen LogP contribution in [0.25, 0.3) is 0 Å². The third-order valence-corrected chi connectivity index (χ3v) is 3.06. The Morgan fingerprint density at radius 2 is 1.77 bits per heavy atom. The highest BCUT2D eigenvalue weighted by Crippen LogP contribution is 2.24. The lowest BCUT2D eigenvalue weighted by Crippen LogP contribution is -2.41. The lowest BCUT2D eigenvalue weighted by molar-refractivity contribution is -0.131. The number of carbonyl (C=O) groups is 2. The number of benzene rings is 1. The molecule has 0 bridgehead atoms. The average molecular weight is 308 g/mol. The van der Waals surface area contributed by atoms with Crippen molar-refractivity contribution in [2.45, 2.75) is 27.3 Å². The largest absolute Gasteiger partial charge is 0.497 e. The van der Waals surface area contributed by atoms with Gasteiger partial charge < -0.3 is 20.1 Å². The number of amides is 2. The molecule has 2 N–H and O–H groups in total. The van der Waals surface area contributed by atoms with Crippen LogP contribution in [-0.4, -0.2) is 32.6 Å². The molecular weight excluding hydrogens is 284 g/mol. The van der Waals surface area contributed by atoms with E-state index in [9.17, 15) is 9.59 Å². The first-order valence-corrected chi connectivity index (χ1v) is 7.04. The highest BCUT2D eigenvalue weighted by atomic mass is 16.5. The minimum absolute atomic E-state index is 0.0471. The fourth-order valence-corrected chi connectivity index (χ4v) is 1.68. The summed E-state index contributed by atoms with van der Waals surface area (Å²) in [6.45, 7) is 5.65. The molecule has 0 spiro atoms. The SMILES string of the molecule is COc1ccc(CNC(=O)CNC(=O)C(C)(C)C)c(OC)c1. The number of rotatable bonds is 6. The second-order valence-corrected chi connectivity index (χ2v) is 5.89. The van der Waals surface area contributed by atoms with E-state index in [1.807, 2.05) is 6.07 Å². The fourth-order valence-electron chi connectivity index (χ4n) is 1.68. The van der Waals surface area contributed by atoms with Crippen LogP contribution >= 0.6 is 0 Å². The van der Waals surface area contributed by atoms with E-state index in [-0.39, 0.29) is 18.4 Å². The van der Waals surface area contributed by atoms with Crippen molar-refractivity contribution in [3.63, 3.8) is 0 Å². The molecule has 22 heavy (non-hydrogen) atoms. The summed E-state index contributed by atoms with van der Waals surface area (Å²) in [7, 11) is 3.14. The molecule has 0 radical (unpaired) electrons. The third kappa shape index (κ3) is 5.27. The number of nitrogens with one attached hydrogen (secondary N) is 2. The summed E-state index contributed by atoms with van der Waals surface area (Å²) >= 11 is 0. The molecule has 1 rings (SSSR count). The smallest absolute Gasteiger partial charge is 0.239 e. The molecule has 0 aliphatic heterocycles. The Balaban J connectivity index is 2.52. The average Bonchev–Trinajstić information content (AvgIpc) is 2.49. The monoisotopic (exact) mass is 308 g/mol. The summed E-state index contributed by atoms with van der Waals surface area (Å²) in [5, 5.41) is 5.35. The van der Waals surface area contributed by atoms with Crippen molar-refractivity contribution in [3.8, 4) is 11.5 Å². The molecule has 0 aromatic heterocycles. The van der Waals surface area contributed by atoms with Crippen molar-refractivity contribution in [3.05, 3.63) is 23.8 Å². The zero-order chi connectivity index (χ0) is 16.8. The van der Waals surface area contributed by atoms with Gasteiger partial charge >= 0.3 is 0 Å². The number of hydrogen-bond acceptors (Lipinski definition) is 4. The van der Waals surface area contributed by atoms with E-state index in [2.05, 4.69) is 10.6 Å². The Morgan fingerprint density at radius 1 is 1.09 bits per heavy atom. The second-order valence-electron chi connectivity index (χ2n) is 5.89. The molecule has 0 heterocycles. The number of carbonyl (C=O) groups excluding carboxylic acids is 2. The molecule has 6 nitrogen and oxygen atoms in total. The summed E-state index contributed by atoms with van der Waals surface area (Å²) in [5.41, 5.74) is 0.318. The van der Waals surface area contributed by atoms with Gasteiger partial charge in [0.15, 0.2) is 0 Å². The van der Waals surface area contributed by atoms with Gasteiger partial charge in [-0.15, -0.1) is 0 Å². The highest BCUT2D eigenvalue weighted by molar-refractivity contribution is 5.87. The topological polar surface area (TPSA) is 76.7 Å². The predicted octanol–water partition coefficient (Wildman–Crippen LogP) is 1.48. The van der Waals surface area contributed by atoms with E-state index in [4.69, 9.17) is 9.47 Å². The molecule has 0 unspecified atom stereocenters. The Morgan fingerprint density at radius 3 is 2.32 bits per heavy atom. The van der Waals surface area contributed by atoms with Crippen LogP contribution in [0, 0.1) is 5.41 Å². The third-order valence-electron chi connectivity index (χ3n) is 3.06. The highest BCUT2D eigenvalue weighted by Gasteiger charge is 2.21. The second kappa shape index (κ2) is 7.68. The van der Waals surface area contributed by atoms with Gasteiger partial charge in [0.2, 0.25) is 11.8 Å². The van der Waals surface area contributed by atoms with Gasteiger partial charge in [-0.25, -0.2) is 0 Å². The Kier molecular flexibility index (Phi) is 6.22. The molecule has 0 saturated heterocycles. The van der Waals surface area contributed by atoms with Gasteiger partial charge in [-0.1, -0.05) is 20.8 Å². The van der Waals surface area contributed by atoms with E-state index in [1.165, 1.54) is 0 Å². The van der Waals surface area contributed by atoms with E-state index >= 15 is 0 Å². The van der Waals surface area contributed by atoms with Crippen LogP contribution in [-0.2, 0) is 16.1 Å². The molecular formula is C16H24N2O4. The molecule has 0 aliphatic rings. The van der Waals surface area contributed by atoms with Gasteiger partial charge in [0.25, 0.3) is 0 Å². The molecule has 6 heteroatoms. The quantitative estimate of drug-likeness (QED) is 0.834. The van der Waals surface area contributed by atoms with Crippen LogP contribution in [0.2, 0.25) is 0 Å². The van der Waals surface area contributed by atoms with Crippen LogP contribution in [0.5, 0.6) is 11.5 Å². The normalized spacial score (nSPS) is 10.8. The first-order chi connectivity index (χ1) is 10.3. The van der Waals surface area contributed by atoms with Gasteiger partial charge in [0, 0.05) is 23.6 Å². The predicted molar refractivity (Wildman–Crippen MR) is 83.9 cm³/mol. The van der Waals surface area contributed by atoms with Crippen molar-refractivity contribution in [2.75, 3.05) is 20.8 Å². The summed E-state index contributed by atoms with van der Waals surface area (Å²) in [6, 6.07) is 5.37. The summed E-state index contributed by atoms with van der Waals surface area (Å²) < 4.78 is 10.4. The minimum Gasteiger partial charge on any atom is -0.497 e. The molecule has 0 aliphatic carbocycles. The van der Waals surface area contributed by atoms with Crippen LogP contribution in [0.4, 0.5) is 0 Å². The fraction of sp³-hybridized carbons (Fsp3) is 0.500. The zero-order valence-electron chi connectivity index (χ0n) is 13.8. The van der Waals surface area contributed by atoms with Gasteiger partial charge in [-0.05, 0) is 12.1 Å². The van der Waals surface area contributed by atoms with Crippen LogP contribution in [0.1, 0.15) is 26.3 Å². The summed E-state index contributed by atoms with van der Waals surface area (Å²) in [4.78, 5) is 23.5. The molecule has 1 aromatic rings. The molecule has 0 fully saturated rings. The molecule has 2 amide bonds. The van der Waals surface area contributed by atoms with Crippen molar-refractivity contribution >= 4 is 11.8 Å². The van der Waals surface area contributed by atoms with E-state index in [0.29, 0.717) is 18.0 Å². The molecule has 0 saturated carbocycles. The standard InChI is InChI=1S/C16H24N2O4/c1-16(2,3)15(20)18-10-14(19)17-9-11-6-7-12(21-4)8-13(11)22-5/h6-8H,9-10H2,1-5H3,(H,17,19)(H,18,20). The zero-order valence-corrected chi connectivity index (χ0v) is 13.8. The lowest BCUT2D eigenvalue weighted by atomic mass is 9.96. The Labute approximate surface area is 131 Å².